The Morgan fingerprint density at radius 2 is 1.85 bits per heavy atom. The van der Waals surface area contributed by atoms with Crippen molar-refractivity contribution in [2.75, 3.05) is 0 Å². The number of imidazole rings is 1. The van der Waals surface area contributed by atoms with Crippen molar-refractivity contribution < 1.29 is 8.42 Å². The van der Waals surface area contributed by atoms with Gasteiger partial charge in [-0.05, 0) is 35.8 Å². The maximum Gasteiger partial charge on any atom is 0.234 e. The Morgan fingerprint density at radius 1 is 1.15 bits per heavy atom. The predicted molar refractivity (Wildman–Crippen MR) is 110 cm³/mol. The molecule has 0 radical (unpaired) electrons. The van der Waals surface area contributed by atoms with Crippen LogP contribution < -0.4 is 4.72 Å². The summed E-state index contributed by atoms with van der Waals surface area (Å²) >= 11 is 5.84. The molecule has 27 heavy (non-hydrogen) atoms. The van der Waals surface area contributed by atoms with Crippen LogP contribution in [0.15, 0.2) is 66.2 Å². The highest BCUT2D eigenvalue weighted by Gasteiger charge is 2.19. The van der Waals surface area contributed by atoms with Crippen LogP contribution >= 0.6 is 11.6 Å². The number of nitrogens with one attached hydrogen (secondary N) is 2. The average molecular weight is 402 g/mol. The lowest BCUT2D eigenvalue weighted by Crippen LogP contribution is -2.27. The van der Waals surface area contributed by atoms with E-state index >= 15 is 0 Å². The van der Waals surface area contributed by atoms with Crippen molar-refractivity contribution in [2.24, 2.45) is 0 Å². The minimum absolute atomic E-state index is 0.442. The Morgan fingerprint density at radius 3 is 2.52 bits per heavy atom. The number of rotatable bonds is 7. The molecular formula is C20H20ClN3O2S. The summed E-state index contributed by atoms with van der Waals surface area (Å²) in [6.07, 6.45) is 3.81. The van der Waals surface area contributed by atoms with Crippen molar-refractivity contribution in [3.63, 3.8) is 0 Å². The zero-order valence-electron chi connectivity index (χ0n) is 14.8. The number of aromatic amines is 1. The summed E-state index contributed by atoms with van der Waals surface area (Å²) in [6.45, 7) is 1.90. The smallest absolute Gasteiger partial charge is 0.234 e. The van der Waals surface area contributed by atoms with Crippen molar-refractivity contribution in [3.05, 3.63) is 82.6 Å². The molecule has 0 saturated carbocycles. The van der Waals surface area contributed by atoms with E-state index in [-0.39, 0.29) is 0 Å². The molecular weight excluding hydrogens is 382 g/mol. The number of aromatic nitrogens is 2. The first-order valence-electron chi connectivity index (χ1n) is 8.53. The first-order valence-corrected chi connectivity index (χ1v) is 10.5. The van der Waals surface area contributed by atoms with Crippen LogP contribution in [0.2, 0.25) is 5.02 Å². The molecule has 7 heteroatoms. The molecule has 0 saturated heterocycles. The monoisotopic (exact) mass is 401 g/mol. The van der Waals surface area contributed by atoms with Gasteiger partial charge in [0.25, 0.3) is 0 Å². The highest BCUT2D eigenvalue weighted by atomic mass is 35.5. The molecule has 140 valence electrons. The maximum absolute atomic E-state index is 12.4. The number of nitrogens with zero attached hydrogens (tertiary/aromatic N) is 1. The second kappa shape index (κ2) is 8.52. The number of hydrogen-bond acceptors (Lipinski definition) is 3. The molecule has 0 bridgehead atoms. The van der Waals surface area contributed by atoms with E-state index in [1.807, 2.05) is 37.3 Å². The van der Waals surface area contributed by atoms with Gasteiger partial charge in [-0.3, -0.25) is 0 Å². The number of sulfonamides is 1. The molecule has 2 aromatic carbocycles. The Labute approximate surface area is 164 Å². The van der Waals surface area contributed by atoms with E-state index in [1.165, 1.54) is 6.08 Å². The second-order valence-corrected chi connectivity index (χ2v) is 8.06. The van der Waals surface area contributed by atoms with Crippen LogP contribution in [0.3, 0.4) is 0 Å². The van der Waals surface area contributed by atoms with Crippen LogP contribution in [-0.4, -0.2) is 18.4 Å². The summed E-state index contributed by atoms with van der Waals surface area (Å²) in [5.41, 5.74) is 2.60. The topological polar surface area (TPSA) is 74.8 Å². The van der Waals surface area contributed by atoms with Gasteiger partial charge in [-0.25, -0.2) is 18.1 Å². The van der Waals surface area contributed by atoms with Crippen LogP contribution in [0.5, 0.6) is 0 Å². The first-order chi connectivity index (χ1) is 13.0. The van der Waals surface area contributed by atoms with Crippen LogP contribution in [0.1, 0.15) is 30.8 Å². The highest BCUT2D eigenvalue weighted by Crippen LogP contribution is 2.21. The molecule has 1 atom stereocenters. The third-order valence-corrected chi connectivity index (χ3v) is 5.39. The van der Waals surface area contributed by atoms with Gasteiger partial charge in [-0.15, -0.1) is 0 Å². The van der Waals surface area contributed by atoms with Gasteiger partial charge < -0.3 is 4.98 Å². The van der Waals surface area contributed by atoms with E-state index in [4.69, 9.17) is 11.6 Å². The Hall–Kier alpha value is -2.41. The maximum atomic E-state index is 12.4. The van der Waals surface area contributed by atoms with E-state index < -0.39 is 16.1 Å². The van der Waals surface area contributed by atoms with Gasteiger partial charge in [0.1, 0.15) is 5.82 Å². The largest absolute Gasteiger partial charge is 0.341 e. The van der Waals surface area contributed by atoms with E-state index in [0.717, 1.165) is 22.2 Å². The lowest BCUT2D eigenvalue weighted by atomic mass is 10.2. The van der Waals surface area contributed by atoms with Gasteiger partial charge in [-0.2, -0.15) is 0 Å². The highest BCUT2D eigenvalue weighted by molar-refractivity contribution is 7.92. The standard InChI is InChI=1S/C20H20ClN3O2S/c1-2-18(20-22-14-19(23-20)16-6-4-3-5-7-16)24-27(25,26)13-12-15-8-10-17(21)11-9-15/h3-14,18,24H,2H2,1H3,(H,22,23)/b13-12+. The molecule has 1 unspecified atom stereocenters. The fourth-order valence-corrected chi connectivity index (χ4v) is 3.81. The number of hydrogen-bond donors (Lipinski definition) is 2. The molecule has 0 aliphatic rings. The molecule has 0 aliphatic carbocycles. The van der Waals surface area contributed by atoms with Gasteiger partial charge in [0, 0.05) is 10.4 Å². The van der Waals surface area contributed by atoms with Crippen molar-refractivity contribution in [1.29, 1.82) is 0 Å². The van der Waals surface area contributed by atoms with Crippen LogP contribution in [0, 0.1) is 0 Å². The quantitative estimate of drug-likeness (QED) is 0.598. The summed E-state index contributed by atoms with van der Waals surface area (Å²) in [7, 11) is -3.63. The molecule has 0 aliphatic heterocycles. The fourth-order valence-electron chi connectivity index (χ4n) is 2.59. The van der Waals surface area contributed by atoms with Gasteiger partial charge in [-0.1, -0.05) is 61.0 Å². The molecule has 0 fully saturated rings. The molecule has 1 aromatic heterocycles. The van der Waals surface area contributed by atoms with Gasteiger partial charge in [0.15, 0.2) is 0 Å². The average Bonchev–Trinajstić information content (AvgIpc) is 3.16. The van der Waals surface area contributed by atoms with Crippen molar-refractivity contribution in [2.45, 2.75) is 19.4 Å². The third-order valence-electron chi connectivity index (χ3n) is 4.03. The van der Waals surface area contributed by atoms with Crippen LogP contribution in [0.25, 0.3) is 17.3 Å². The molecule has 5 nitrogen and oxygen atoms in total. The van der Waals surface area contributed by atoms with E-state index in [2.05, 4.69) is 14.7 Å². The van der Waals surface area contributed by atoms with E-state index in [9.17, 15) is 8.42 Å². The Kier molecular flexibility index (Phi) is 6.11. The zero-order valence-corrected chi connectivity index (χ0v) is 16.3. The summed E-state index contributed by atoms with van der Waals surface area (Å²) in [4.78, 5) is 7.56. The van der Waals surface area contributed by atoms with E-state index in [1.54, 1.807) is 30.5 Å². The number of H-pyrrole nitrogens is 1. The minimum atomic E-state index is -3.63. The predicted octanol–water partition coefficient (Wildman–Crippen LogP) is 4.77. The fraction of sp³-hybridized carbons (Fsp3) is 0.150. The molecule has 1 heterocycles. The van der Waals surface area contributed by atoms with Gasteiger partial charge in [0.2, 0.25) is 10.0 Å². The Balaban J connectivity index is 1.74. The molecule has 2 N–H and O–H groups in total. The molecule has 3 rings (SSSR count). The van der Waals surface area contributed by atoms with Crippen LogP contribution in [0.4, 0.5) is 0 Å². The lowest BCUT2D eigenvalue weighted by Gasteiger charge is -2.13. The van der Waals surface area contributed by atoms with Gasteiger partial charge in [0.05, 0.1) is 17.9 Å². The normalized spacial score (nSPS) is 13.1. The minimum Gasteiger partial charge on any atom is -0.341 e. The van der Waals surface area contributed by atoms with Crippen molar-refractivity contribution in [3.8, 4) is 11.3 Å². The number of halogens is 1. The molecule has 0 spiro atoms. The van der Waals surface area contributed by atoms with Crippen molar-refractivity contribution in [1.82, 2.24) is 14.7 Å². The second-order valence-electron chi connectivity index (χ2n) is 6.03. The summed E-state index contributed by atoms with van der Waals surface area (Å²) in [6, 6.07) is 16.3. The summed E-state index contributed by atoms with van der Waals surface area (Å²) in [5, 5.41) is 1.76. The van der Waals surface area contributed by atoms with Crippen LogP contribution in [-0.2, 0) is 10.0 Å². The summed E-state index contributed by atoms with van der Waals surface area (Å²) in [5.74, 6) is 0.583. The van der Waals surface area contributed by atoms with E-state index in [0.29, 0.717) is 17.3 Å². The lowest BCUT2D eigenvalue weighted by molar-refractivity contribution is 0.547. The molecule has 0 amide bonds. The Bertz CT molecular complexity index is 1010. The summed E-state index contributed by atoms with van der Waals surface area (Å²) < 4.78 is 27.5. The SMILES string of the molecule is CCC(NS(=O)(=O)/C=C/c1ccc(Cl)cc1)c1ncc(-c2ccccc2)[nH]1. The zero-order chi connectivity index (χ0) is 19.3. The third kappa shape index (κ3) is 5.29. The number of benzene rings is 2. The first kappa shape index (κ1) is 19.4. The molecule has 3 aromatic rings. The van der Waals surface area contributed by atoms with Gasteiger partial charge >= 0.3 is 0 Å². The van der Waals surface area contributed by atoms with Crippen molar-refractivity contribution >= 4 is 27.7 Å².